The van der Waals surface area contributed by atoms with Gasteiger partial charge in [-0.15, -0.1) is 0 Å². The van der Waals surface area contributed by atoms with E-state index in [2.05, 4.69) is 21.5 Å². The largest absolute Gasteiger partial charge is 0.320 e. The Hall–Kier alpha value is -1.42. The summed E-state index contributed by atoms with van der Waals surface area (Å²) in [6.07, 6.45) is 8.73. The molecule has 0 bridgehead atoms. The van der Waals surface area contributed by atoms with Gasteiger partial charge in [0.05, 0.1) is 6.54 Å². The fraction of sp³-hybridized carbons (Fsp3) is 0.533. The summed E-state index contributed by atoms with van der Waals surface area (Å²) in [6.45, 7) is 0.711. The Morgan fingerprint density at radius 3 is 2.81 bits per heavy atom. The maximum Gasteiger partial charge on any atom is 0.242 e. The van der Waals surface area contributed by atoms with Crippen molar-refractivity contribution in [1.29, 1.82) is 0 Å². The van der Waals surface area contributed by atoms with Crippen molar-refractivity contribution in [3.05, 3.63) is 24.0 Å². The number of rotatable bonds is 5. The summed E-state index contributed by atoms with van der Waals surface area (Å²) in [5.41, 5.74) is 5.86. The summed E-state index contributed by atoms with van der Waals surface area (Å²) < 4.78 is 27.1. The van der Waals surface area contributed by atoms with Gasteiger partial charge >= 0.3 is 0 Å². The van der Waals surface area contributed by atoms with E-state index >= 15 is 0 Å². The molecule has 0 aliphatic heterocycles. The van der Waals surface area contributed by atoms with Gasteiger partial charge in [-0.3, -0.25) is 4.98 Å². The van der Waals surface area contributed by atoms with Gasteiger partial charge in [0.25, 0.3) is 0 Å². The number of aromatic nitrogens is 1. The number of nitrogens with one attached hydrogen (secondary N) is 1. The smallest absolute Gasteiger partial charge is 0.242 e. The minimum Gasteiger partial charge on any atom is -0.320 e. The van der Waals surface area contributed by atoms with Crippen LogP contribution in [0.1, 0.15) is 37.7 Å². The summed E-state index contributed by atoms with van der Waals surface area (Å²) in [6, 6.07) is 1.52. The monoisotopic (exact) mass is 307 g/mol. The Kier molecular flexibility index (Phi) is 5.74. The zero-order valence-corrected chi connectivity index (χ0v) is 12.8. The van der Waals surface area contributed by atoms with Gasteiger partial charge < -0.3 is 5.73 Å². The second kappa shape index (κ2) is 7.55. The third-order valence-corrected chi connectivity index (χ3v) is 5.11. The van der Waals surface area contributed by atoms with Crippen molar-refractivity contribution in [2.45, 2.75) is 37.0 Å². The lowest BCUT2D eigenvalue weighted by molar-refractivity contribution is 0.495. The van der Waals surface area contributed by atoms with Crippen LogP contribution >= 0.6 is 0 Å². The topological polar surface area (TPSA) is 85.1 Å². The van der Waals surface area contributed by atoms with Gasteiger partial charge in [0.1, 0.15) is 4.90 Å². The van der Waals surface area contributed by atoms with E-state index in [9.17, 15) is 8.42 Å². The van der Waals surface area contributed by atoms with Crippen LogP contribution in [-0.4, -0.2) is 26.5 Å². The quantitative estimate of drug-likeness (QED) is 0.802. The number of sulfonamides is 1. The third kappa shape index (κ3) is 4.81. The van der Waals surface area contributed by atoms with Crippen molar-refractivity contribution >= 4 is 10.0 Å². The molecule has 21 heavy (non-hydrogen) atoms. The lowest BCUT2D eigenvalue weighted by Gasteiger charge is -2.10. The maximum absolute atomic E-state index is 12.2. The lowest BCUT2D eigenvalue weighted by Crippen LogP contribution is -2.26. The molecule has 1 aliphatic carbocycles. The summed E-state index contributed by atoms with van der Waals surface area (Å²) in [7, 11) is -3.51. The minimum absolute atomic E-state index is 0.151. The van der Waals surface area contributed by atoms with Crippen LogP contribution in [0.5, 0.6) is 0 Å². The predicted octanol–water partition coefficient (Wildman–Crippen LogP) is 1.25. The van der Waals surface area contributed by atoms with Crippen LogP contribution in [0.2, 0.25) is 0 Å². The van der Waals surface area contributed by atoms with Crippen molar-refractivity contribution < 1.29 is 8.42 Å². The van der Waals surface area contributed by atoms with Gasteiger partial charge in [-0.2, -0.15) is 0 Å². The van der Waals surface area contributed by atoms with E-state index in [1.807, 2.05) is 0 Å². The Bertz CT molecular complexity index is 626. The highest BCUT2D eigenvalue weighted by atomic mass is 32.2. The molecule has 0 spiro atoms. The van der Waals surface area contributed by atoms with Crippen molar-refractivity contribution in [1.82, 2.24) is 9.71 Å². The molecule has 5 nitrogen and oxygen atoms in total. The normalized spacial score (nSPS) is 15.7. The number of pyridine rings is 1. The molecule has 0 saturated heterocycles. The average Bonchev–Trinajstić information content (AvgIpc) is 2.98. The fourth-order valence-electron chi connectivity index (χ4n) is 2.57. The highest BCUT2D eigenvalue weighted by Gasteiger charge is 2.18. The summed E-state index contributed by atoms with van der Waals surface area (Å²) >= 11 is 0. The molecule has 0 aromatic carbocycles. The van der Waals surface area contributed by atoms with Gasteiger partial charge in [-0.05, 0) is 18.4 Å². The second-order valence-electron chi connectivity index (χ2n) is 5.25. The van der Waals surface area contributed by atoms with E-state index in [1.165, 1.54) is 44.1 Å². The molecular formula is C15H21N3O2S. The van der Waals surface area contributed by atoms with Crippen LogP contribution in [0.4, 0.5) is 0 Å². The Labute approximate surface area is 126 Å². The van der Waals surface area contributed by atoms with E-state index in [1.54, 1.807) is 0 Å². The zero-order chi connectivity index (χ0) is 15.1. The van der Waals surface area contributed by atoms with Crippen LogP contribution in [0.15, 0.2) is 23.4 Å². The Morgan fingerprint density at radius 1 is 1.33 bits per heavy atom. The van der Waals surface area contributed by atoms with E-state index in [0.717, 1.165) is 6.42 Å². The molecule has 114 valence electrons. The van der Waals surface area contributed by atoms with Crippen molar-refractivity contribution in [3.63, 3.8) is 0 Å². The number of nitrogens with zero attached hydrogens (tertiary/aromatic N) is 1. The van der Waals surface area contributed by atoms with E-state index in [-0.39, 0.29) is 11.4 Å². The van der Waals surface area contributed by atoms with Crippen molar-refractivity contribution in [3.8, 4) is 11.8 Å². The predicted molar refractivity (Wildman–Crippen MR) is 81.9 cm³/mol. The van der Waals surface area contributed by atoms with Gasteiger partial charge in [-0.25, -0.2) is 13.1 Å². The molecule has 2 rings (SSSR count). The molecule has 0 atom stereocenters. The fourth-order valence-corrected chi connectivity index (χ4v) is 3.60. The Morgan fingerprint density at radius 2 is 2.10 bits per heavy atom. The van der Waals surface area contributed by atoms with E-state index in [4.69, 9.17) is 5.73 Å². The second-order valence-corrected chi connectivity index (χ2v) is 7.02. The first-order valence-electron chi connectivity index (χ1n) is 7.25. The molecule has 3 N–H and O–H groups in total. The molecule has 1 aromatic heterocycles. The van der Waals surface area contributed by atoms with Crippen LogP contribution < -0.4 is 10.5 Å². The molecule has 1 saturated carbocycles. The summed E-state index contributed by atoms with van der Waals surface area (Å²) in [4.78, 5) is 4.08. The van der Waals surface area contributed by atoms with E-state index < -0.39 is 10.0 Å². The summed E-state index contributed by atoms with van der Waals surface area (Å²) in [5.74, 6) is 6.13. The van der Waals surface area contributed by atoms with Gasteiger partial charge in [0.15, 0.2) is 0 Å². The lowest BCUT2D eigenvalue weighted by atomic mass is 10.1. The molecule has 1 aliphatic rings. The maximum atomic E-state index is 12.2. The first-order chi connectivity index (χ1) is 10.1. The highest BCUT2D eigenvalue weighted by Crippen LogP contribution is 2.27. The van der Waals surface area contributed by atoms with Crippen molar-refractivity contribution in [2.75, 3.05) is 13.1 Å². The molecule has 6 heteroatoms. The molecule has 1 heterocycles. The first-order valence-corrected chi connectivity index (χ1v) is 8.74. The molecule has 1 fully saturated rings. The van der Waals surface area contributed by atoms with Gasteiger partial charge in [0, 0.05) is 24.5 Å². The molecule has 0 radical (unpaired) electrons. The molecular weight excluding hydrogens is 286 g/mol. The Balaban J connectivity index is 1.97. The van der Waals surface area contributed by atoms with Gasteiger partial charge in [0.2, 0.25) is 10.0 Å². The van der Waals surface area contributed by atoms with Crippen LogP contribution in [0, 0.1) is 17.8 Å². The van der Waals surface area contributed by atoms with Crippen LogP contribution in [0.3, 0.4) is 0 Å². The zero-order valence-electron chi connectivity index (χ0n) is 12.0. The van der Waals surface area contributed by atoms with Crippen LogP contribution in [-0.2, 0) is 10.0 Å². The molecule has 0 unspecified atom stereocenters. The van der Waals surface area contributed by atoms with Crippen molar-refractivity contribution in [2.24, 2.45) is 11.7 Å². The standard InChI is InChI=1S/C15H21N3O2S/c16-8-3-6-14-10-15(12-17-11-14)21(19,20)18-9-7-13-4-1-2-5-13/h10-13,18H,1-2,4-5,7-9,16H2. The van der Waals surface area contributed by atoms with Crippen LogP contribution in [0.25, 0.3) is 0 Å². The SMILES string of the molecule is NCC#Cc1cncc(S(=O)(=O)NCCC2CCCC2)c1. The highest BCUT2D eigenvalue weighted by molar-refractivity contribution is 7.89. The first kappa shape index (κ1) is 16.0. The number of nitrogens with two attached hydrogens (primary N) is 1. The molecule has 1 aromatic rings. The minimum atomic E-state index is -3.51. The number of hydrogen-bond acceptors (Lipinski definition) is 4. The molecule has 0 amide bonds. The number of hydrogen-bond donors (Lipinski definition) is 2. The summed E-state index contributed by atoms with van der Waals surface area (Å²) in [5, 5.41) is 0. The van der Waals surface area contributed by atoms with Gasteiger partial charge in [-0.1, -0.05) is 37.5 Å². The average molecular weight is 307 g/mol. The third-order valence-electron chi connectivity index (χ3n) is 3.68. The van der Waals surface area contributed by atoms with E-state index in [0.29, 0.717) is 18.0 Å².